The van der Waals surface area contributed by atoms with Gasteiger partial charge in [-0.25, -0.2) is 0 Å². The fourth-order valence-corrected chi connectivity index (χ4v) is 2.54. The quantitative estimate of drug-likeness (QED) is 0.876. The molecule has 4 heteroatoms. The monoisotopic (exact) mass is 252 g/mol. The number of nitrogens with one attached hydrogen (secondary N) is 1. The largest absolute Gasteiger partial charge is 0.369 e. The SMILES string of the molecule is CC(=O)Nc1cccc(Cl)c1N1CCCCC1. The first-order chi connectivity index (χ1) is 8.18. The van der Waals surface area contributed by atoms with Gasteiger partial charge >= 0.3 is 0 Å². The third-order valence-electron chi connectivity index (χ3n) is 2.97. The Kier molecular flexibility index (Phi) is 3.89. The number of piperidine rings is 1. The number of hydrogen-bond donors (Lipinski definition) is 1. The molecular formula is C13H17ClN2O. The molecular weight excluding hydrogens is 236 g/mol. The third-order valence-corrected chi connectivity index (χ3v) is 3.27. The summed E-state index contributed by atoms with van der Waals surface area (Å²) >= 11 is 6.25. The molecule has 1 N–H and O–H groups in total. The van der Waals surface area contributed by atoms with E-state index in [1.807, 2.05) is 18.2 Å². The van der Waals surface area contributed by atoms with Crippen LogP contribution < -0.4 is 10.2 Å². The van der Waals surface area contributed by atoms with Gasteiger partial charge in [0.05, 0.1) is 16.4 Å². The predicted molar refractivity (Wildman–Crippen MR) is 71.8 cm³/mol. The highest BCUT2D eigenvalue weighted by molar-refractivity contribution is 6.34. The molecule has 1 amide bonds. The second-order valence-corrected chi connectivity index (χ2v) is 4.77. The Labute approximate surface area is 107 Å². The normalized spacial score (nSPS) is 15.8. The van der Waals surface area contributed by atoms with Crippen LogP contribution in [0.5, 0.6) is 0 Å². The highest BCUT2D eigenvalue weighted by Crippen LogP contribution is 2.35. The standard InChI is InChI=1S/C13H17ClN2O/c1-10(17)15-12-7-5-6-11(14)13(12)16-8-3-2-4-9-16/h5-7H,2-4,8-9H2,1H3,(H,15,17). The van der Waals surface area contributed by atoms with E-state index in [2.05, 4.69) is 10.2 Å². The van der Waals surface area contributed by atoms with E-state index in [1.165, 1.54) is 26.2 Å². The Morgan fingerprint density at radius 2 is 2.00 bits per heavy atom. The second kappa shape index (κ2) is 5.41. The summed E-state index contributed by atoms with van der Waals surface area (Å²) < 4.78 is 0. The topological polar surface area (TPSA) is 32.3 Å². The molecule has 0 unspecified atom stereocenters. The molecule has 1 heterocycles. The van der Waals surface area contributed by atoms with E-state index in [1.54, 1.807) is 0 Å². The first-order valence-electron chi connectivity index (χ1n) is 5.99. The molecule has 0 atom stereocenters. The average molecular weight is 253 g/mol. The number of amides is 1. The van der Waals surface area contributed by atoms with Crippen LogP contribution in [0.25, 0.3) is 0 Å². The Morgan fingerprint density at radius 1 is 1.29 bits per heavy atom. The minimum atomic E-state index is -0.0643. The zero-order chi connectivity index (χ0) is 12.3. The van der Waals surface area contributed by atoms with Gasteiger partial charge in [0.1, 0.15) is 0 Å². The lowest BCUT2D eigenvalue weighted by Crippen LogP contribution is -2.30. The van der Waals surface area contributed by atoms with Crippen molar-refractivity contribution in [2.24, 2.45) is 0 Å². The first kappa shape index (κ1) is 12.2. The van der Waals surface area contributed by atoms with Crippen LogP contribution in [0.3, 0.4) is 0 Å². The summed E-state index contributed by atoms with van der Waals surface area (Å²) in [4.78, 5) is 13.4. The summed E-state index contributed by atoms with van der Waals surface area (Å²) in [6, 6.07) is 5.63. The van der Waals surface area contributed by atoms with E-state index in [0.29, 0.717) is 5.02 Å². The molecule has 0 saturated carbocycles. The maximum absolute atomic E-state index is 11.2. The fourth-order valence-electron chi connectivity index (χ4n) is 2.24. The van der Waals surface area contributed by atoms with Crippen LogP contribution in [0.1, 0.15) is 26.2 Å². The van der Waals surface area contributed by atoms with Gasteiger partial charge in [0.2, 0.25) is 5.91 Å². The Bertz CT molecular complexity index is 414. The van der Waals surface area contributed by atoms with Crippen molar-refractivity contribution < 1.29 is 4.79 Å². The van der Waals surface area contributed by atoms with Crippen molar-refractivity contribution in [1.29, 1.82) is 0 Å². The molecule has 1 aliphatic rings. The zero-order valence-corrected chi connectivity index (χ0v) is 10.8. The molecule has 1 fully saturated rings. The van der Waals surface area contributed by atoms with Gasteiger partial charge < -0.3 is 10.2 Å². The summed E-state index contributed by atoms with van der Waals surface area (Å²) in [6.07, 6.45) is 3.64. The maximum atomic E-state index is 11.2. The van der Waals surface area contributed by atoms with Gasteiger partial charge in [0.15, 0.2) is 0 Å². The van der Waals surface area contributed by atoms with E-state index in [0.717, 1.165) is 24.5 Å². The van der Waals surface area contributed by atoms with Crippen molar-refractivity contribution in [2.75, 3.05) is 23.3 Å². The summed E-state index contributed by atoms with van der Waals surface area (Å²) in [5, 5.41) is 3.55. The van der Waals surface area contributed by atoms with Gasteiger partial charge in [-0.15, -0.1) is 0 Å². The summed E-state index contributed by atoms with van der Waals surface area (Å²) in [7, 11) is 0. The Balaban J connectivity index is 2.31. The van der Waals surface area contributed by atoms with Crippen LogP contribution in [-0.2, 0) is 4.79 Å². The van der Waals surface area contributed by atoms with Crippen LogP contribution in [0.2, 0.25) is 5.02 Å². The lowest BCUT2D eigenvalue weighted by atomic mass is 10.1. The number of anilines is 2. The van der Waals surface area contributed by atoms with Crippen molar-refractivity contribution in [3.8, 4) is 0 Å². The van der Waals surface area contributed by atoms with Crippen molar-refractivity contribution in [2.45, 2.75) is 26.2 Å². The summed E-state index contributed by atoms with van der Waals surface area (Å²) in [5.41, 5.74) is 1.77. The van der Waals surface area contributed by atoms with E-state index in [-0.39, 0.29) is 5.91 Å². The van der Waals surface area contributed by atoms with Crippen molar-refractivity contribution in [3.63, 3.8) is 0 Å². The summed E-state index contributed by atoms with van der Waals surface area (Å²) in [5.74, 6) is -0.0643. The number of carbonyl (C=O) groups excluding carboxylic acids is 1. The number of carbonyl (C=O) groups is 1. The number of para-hydroxylation sites is 1. The second-order valence-electron chi connectivity index (χ2n) is 4.36. The van der Waals surface area contributed by atoms with Crippen molar-refractivity contribution in [1.82, 2.24) is 0 Å². The predicted octanol–water partition coefficient (Wildman–Crippen LogP) is 3.29. The smallest absolute Gasteiger partial charge is 0.221 e. The molecule has 1 saturated heterocycles. The minimum Gasteiger partial charge on any atom is -0.369 e. The number of halogens is 1. The molecule has 0 aromatic heterocycles. The molecule has 3 nitrogen and oxygen atoms in total. The molecule has 0 aliphatic carbocycles. The molecule has 0 radical (unpaired) electrons. The highest BCUT2D eigenvalue weighted by atomic mass is 35.5. The minimum absolute atomic E-state index is 0.0643. The third kappa shape index (κ3) is 2.91. The van der Waals surface area contributed by atoms with Crippen LogP contribution in [-0.4, -0.2) is 19.0 Å². The summed E-state index contributed by atoms with van der Waals surface area (Å²) in [6.45, 7) is 3.54. The van der Waals surface area contributed by atoms with Gasteiger partial charge in [-0.1, -0.05) is 17.7 Å². The molecule has 1 aromatic carbocycles. The Morgan fingerprint density at radius 3 is 2.65 bits per heavy atom. The first-order valence-corrected chi connectivity index (χ1v) is 6.37. The molecule has 0 bridgehead atoms. The average Bonchev–Trinajstić information content (AvgIpc) is 2.29. The van der Waals surface area contributed by atoms with Gasteiger partial charge in [0, 0.05) is 20.0 Å². The molecule has 0 spiro atoms. The fraction of sp³-hybridized carbons (Fsp3) is 0.462. The van der Waals surface area contributed by atoms with Crippen LogP contribution in [0, 0.1) is 0 Å². The molecule has 1 aliphatic heterocycles. The lowest BCUT2D eigenvalue weighted by Gasteiger charge is -2.31. The number of nitrogens with zero attached hydrogens (tertiary/aromatic N) is 1. The number of hydrogen-bond acceptors (Lipinski definition) is 2. The van der Waals surface area contributed by atoms with E-state index in [4.69, 9.17) is 11.6 Å². The lowest BCUT2D eigenvalue weighted by molar-refractivity contribution is -0.114. The zero-order valence-electron chi connectivity index (χ0n) is 10.0. The van der Waals surface area contributed by atoms with E-state index < -0.39 is 0 Å². The molecule has 1 aromatic rings. The van der Waals surface area contributed by atoms with Gasteiger partial charge in [-0.3, -0.25) is 4.79 Å². The molecule has 17 heavy (non-hydrogen) atoms. The van der Waals surface area contributed by atoms with Gasteiger partial charge in [0.25, 0.3) is 0 Å². The van der Waals surface area contributed by atoms with Gasteiger partial charge in [-0.2, -0.15) is 0 Å². The van der Waals surface area contributed by atoms with E-state index in [9.17, 15) is 4.79 Å². The van der Waals surface area contributed by atoms with Crippen LogP contribution in [0.15, 0.2) is 18.2 Å². The van der Waals surface area contributed by atoms with Crippen LogP contribution >= 0.6 is 11.6 Å². The molecule has 2 rings (SSSR count). The van der Waals surface area contributed by atoms with Crippen LogP contribution in [0.4, 0.5) is 11.4 Å². The van der Waals surface area contributed by atoms with Crippen molar-refractivity contribution in [3.05, 3.63) is 23.2 Å². The highest BCUT2D eigenvalue weighted by Gasteiger charge is 2.17. The maximum Gasteiger partial charge on any atom is 0.221 e. The van der Waals surface area contributed by atoms with Gasteiger partial charge in [-0.05, 0) is 31.4 Å². The number of rotatable bonds is 2. The van der Waals surface area contributed by atoms with Crippen molar-refractivity contribution >= 4 is 28.9 Å². The van der Waals surface area contributed by atoms with E-state index >= 15 is 0 Å². The number of benzene rings is 1. The molecule has 92 valence electrons. The Hall–Kier alpha value is -1.22.